The maximum absolute atomic E-state index is 12.0. The Balaban J connectivity index is 3.99. The van der Waals surface area contributed by atoms with Crippen LogP contribution in [0.2, 0.25) is 0 Å². The Morgan fingerprint density at radius 1 is 1.00 bits per heavy atom. The smallest absolute Gasteiger partial charge is 0.331 e. The fourth-order valence-electron chi connectivity index (χ4n) is 2.21. The fourth-order valence-corrected chi connectivity index (χ4v) is 2.21. The molecule has 118 valence electrons. The zero-order valence-electron chi connectivity index (χ0n) is 12.7. The highest BCUT2D eigenvalue weighted by Crippen LogP contribution is 2.16. The maximum Gasteiger partial charge on any atom is 0.331 e. The van der Waals surface area contributed by atoms with Gasteiger partial charge < -0.3 is 16.6 Å². The van der Waals surface area contributed by atoms with Crippen LogP contribution in [0.3, 0.4) is 0 Å². The van der Waals surface area contributed by atoms with E-state index in [4.69, 9.17) is 16.6 Å². The molecule has 0 amide bonds. The summed E-state index contributed by atoms with van der Waals surface area (Å²) in [4.78, 5) is 23.2. The minimum absolute atomic E-state index is 0.119. The second kappa shape index (κ2) is 10.8. The number of aliphatic carboxylic acids is 1. The van der Waals surface area contributed by atoms with Crippen LogP contribution in [0, 0.1) is 0 Å². The number of rotatable bonds is 13. The molecule has 0 radical (unpaired) electrons. The zero-order chi connectivity index (χ0) is 15.4. The highest BCUT2D eigenvalue weighted by molar-refractivity contribution is 6.07. The Hall–Kier alpha value is -0.940. The summed E-state index contributed by atoms with van der Waals surface area (Å²) in [5.41, 5.74) is 9.35. The average molecular weight is 286 g/mol. The molecule has 0 saturated heterocycles. The van der Waals surface area contributed by atoms with Gasteiger partial charge in [-0.15, -0.1) is 0 Å². The Kier molecular flexibility index (Phi) is 10.3. The van der Waals surface area contributed by atoms with E-state index in [1.165, 1.54) is 25.7 Å². The molecule has 0 heterocycles. The maximum atomic E-state index is 12.0. The lowest BCUT2D eigenvalue weighted by Gasteiger charge is -2.22. The van der Waals surface area contributed by atoms with Crippen molar-refractivity contribution in [2.45, 2.75) is 76.7 Å². The molecule has 5 nitrogen and oxygen atoms in total. The van der Waals surface area contributed by atoms with Gasteiger partial charge in [-0.3, -0.25) is 4.79 Å². The minimum Gasteiger partial charge on any atom is -0.480 e. The van der Waals surface area contributed by atoms with E-state index in [1.807, 2.05) is 0 Å². The summed E-state index contributed by atoms with van der Waals surface area (Å²) in [5, 5.41) is 9.14. The van der Waals surface area contributed by atoms with Gasteiger partial charge in [0, 0.05) is 6.42 Å². The second-order valence-corrected chi connectivity index (χ2v) is 5.46. The van der Waals surface area contributed by atoms with E-state index in [2.05, 4.69) is 6.92 Å². The predicted molar refractivity (Wildman–Crippen MR) is 80.5 cm³/mol. The number of carbonyl (C=O) groups is 2. The molecule has 5 N–H and O–H groups in total. The van der Waals surface area contributed by atoms with Crippen LogP contribution < -0.4 is 11.5 Å². The van der Waals surface area contributed by atoms with Crippen LogP contribution in [-0.2, 0) is 9.59 Å². The van der Waals surface area contributed by atoms with Crippen LogP contribution in [-0.4, -0.2) is 28.9 Å². The van der Waals surface area contributed by atoms with Crippen LogP contribution in [0.5, 0.6) is 0 Å². The van der Waals surface area contributed by atoms with Crippen LogP contribution in [0.4, 0.5) is 0 Å². The Morgan fingerprint density at radius 3 is 2.05 bits per heavy atom. The van der Waals surface area contributed by atoms with Crippen LogP contribution in [0.1, 0.15) is 71.1 Å². The van der Waals surface area contributed by atoms with E-state index in [1.54, 1.807) is 0 Å². The van der Waals surface area contributed by atoms with Gasteiger partial charge >= 0.3 is 5.97 Å². The highest BCUT2D eigenvalue weighted by atomic mass is 16.4. The van der Waals surface area contributed by atoms with Crippen molar-refractivity contribution >= 4 is 11.8 Å². The lowest BCUT2D eigenvalue weighted by molar-refractivity contribution is -0.148. The summed E-state index contributed by atoms with van der Waals surface area (Å²) < 4.78 is 0. The van der Waals surface area contributed by atoms with Crippen molar-refractivity contribution < 1.29 is 14.7 Å². The van der Waals surface area contributed by atoms with Gasteiger partial charge in [-0.1, -0.05) is 45.4 Å². The molecule has 1 atom stereocenters. The molecule has 0 aromatic rings. The van der Waals surface area contributed by atoms with Gasteiger partial charge in [0.05, 0.1) is 0 Å². The molecule has 5 heteroatoms. The lowest BCUT2D eigenvalue weighted by Crippen LogP contribution is -2.55. The first-order valence-electron chi connectivity index (χ1n) is 7.74. The molecule has 0 rings (SSSR count). The van der Waals surface area contributed by atoms with Gasteiger partial charge in [0.1, 0.15) is 0 Å². The topological polar surface area (TPSA) is 106 Å². The SMILES string of the molecule is CCCCCCCCCC(=O)[C@](N)(CCCN)C(=O)O. The number of carboxylic acids is 1. The van der Waals surface area contributed by atoms with Gasteiger partial charge in [0.2, 0.25) is 0 Å². The molecule has 0 fully saturated rings. The first kappa shape index (κ1) is 19.1. The number of nitrogens with two attached hydrogens (primary N) is 2. The number of carboxylic acid groups (broad SMARTS) is 1. The summed E-state index contributed by atoms with van der Waals surface area (Å²) in [6, 6.07) is 0. The summed E-state index contributed by atoms with van der Waals surface area (Å²) in [5.74, 6) is -1.61. The van der Waals surface area contributed by atoms with Crippen molar-refractivity contribution in [1.82, 2.24) is 0 Å². The molecule has 0 aromatic heterocycles. The first-order valence-corrected chi connectivity index (χ1v) is 7.74. The summed E-state index contributed by atoms with van der Waals surface area (Å²) >= 11 is 0. The molecule has 0 bridgehead atoms. The van der Waals surface area contributed by atoms with Crippen molar-refractivity contribution in [3.63, 3.8) is 0 Å². The molecular weight excluding hydrogens is 256 g/mol. The van der Waals surface area contributed by atoms with Crippen LogP contribution in [0.15, 0.2) is 0 Å². The Bertz CT molecular complexity index is 295. The van der Waals surface area contributed by atoms with Gasteiger partial charge in [-0.2, -0.15) is 0 Å². The van der Waals surface area contributed by atoms with E-state index < -0.39 is 11.5 Å². The van der Waals surface area contributed by atoms with Crippen molar-refractivity contribution in [1.29, 1.82) is 0 Å². The normalized spacial score (nSPS) is 13.9. The van der Waals surface area contributed by atoms with Gasteiger partial charge in [0.25, 0.3) is 0 Å². The van der Waals surface area contributed by atoms with Crippen LogP contribution in [0.25, 0.3) is 0 Å². The van der Waals surface area contributed by atoms with Crippen molar-refractivity contribution in [2.24, 2.45) is 11.5 Å². The number of carbonyl (C=O) groups excluding carboxylic acids is 1. The third kappa shape index (κ3) is 7.01. The van der Waals surface area contributed by atoms with Gasteiger partial charge in [-0.05, 0) is 25.8 Å². The number of ketones is 1. The summed E-state index contributed by atoms with van der Waals surface area (Å²) in [6.07, 6.45) is 8.49. The number of hydrogen-bond donors (Lipinski definition) is 3. The average Bonchev–Trinajstić information content (AvgIpc) is 2.43. The molecule has 0 spiro atoms. The lowest BCUT2D eigenvalue weighted by atomic mass is 9.87. The zero-order valence-corrected chi connectivity index (χ0v) is 12.7. The molecule has 0 unspecified atom stereocenters. The fraction of sp³-hybridized carbons (Fsp3) is 0.867. The molecule has 20 heavy (non-hydrogen) atoms. The van der Waals surface area contributed by atoms with E-state index in [0.29, 0.717) is 13.0 Å². The second-order valence-electron chi connectivity index (χ2n) is 5.46. The molecular formula is C15H30N2O3. The third-order valence-electron chi connectivity index (χ3n) is 3.66. The largest absolute Gasteiger partial charge is 0.480 e. The minimum atomic E-state index is -1.75. The Labute approximate surface area is 122 Å². The predicted octanol–water partition coefficient (Wildman–Crippen LogP) is 2.22. The third-order valence-corrected chi connectivity index (χ3v) is 3.66. The molecule has 0 saturated carbocycles. The first-order chi connectivity index (χ1) is 9.49. The number of Topliss-reactive ketones (excluding diaryl/α,β-unsaturated/α-hetero) is 1. The summed E-state index contributed by atoms with van der Waals surface area (Å²) in [7, 11) is 0. The highest BCUT2D eigenvalue weighted by Gasteiger charge is 2.40. The van der Waals surface area contributed by atoms with Gasteiger partial charge in [0.15, 0.2) is 11.3 Å². The van der Waals surface area contributed by atoms with E-state index >= 15 is 0 Å². The molecule has 0 aromatic carbocycles. The number of unbranched alkanes of at least 4 members (excludes halogenated alkanes) is 6. The van der Waals surface area contributed by atoms with Gasteiger partial charge in [-0.25, -0.2) is 4.79 Å². The quantitative estimate of drug-likeness (QED) is 0.355. The standard InChI is InChI=1S/C15H30N2O3/c1-2-3-4-5-6-7-8-10-13(18)15(17,14(19)20)11-9-12-16/h2-12,16-17H2,1H3,(H,19,20)/t15-/m1/s1. The van der Waals surface area contributed by atoms with Crippen molar-refractivity contribution in [3.05, 3.63) is 0 Å². The van der Waals surface area contributed by atoms with Crippen molar-refractivity contribution in [3.8, 4) is 0 Å². The Morgan fingerprint density at radius 2 is 1.55 bits per heavy atom. The van der Waals surface area contributed by atoms with E-state index in [-0.39, 0.29) is 18.6 Å². The van der Waals surface area contributed by atoms with Crippen LogP contribution >= 0.6 is 0 Å². The summed E-state index contributed by atoms with van der Waals surface area (Å²) in [6.45, 7) is 2.52. The number of hydrogen-bond acceptors (Lipinski definition) is 4. The molecule has 0 aliphatic rings. The van der Waals surface area contributed by atoms with Crippen molar-refractivity contribution in [2.75, 3.05) is 6.54 Å². The van der Waals surface area contributed by atoms with E-state index in [9.17, 15) is 9.59 Å². The monoisotopic (exact) mass is 286 g/mol. The van der Waals surface area contributed by atoms with E-state index in [0.717, 1.165) is 19.3 Å². The molecule has 0 aliphatic heterocycles. The molecule has 0 aliphatic carbocycles.